The number of piperidine rings is 1. The molecule has 1 aliphatic heterocycles. The van der Waals surface area contributed by atoms with Crippen LogP contribution in [-0.2, 0) is 16.5 Å². The number of nitriles is 1. The maximum absolute atomic E-state index is 13.2. The lowest BCUT2D eigenvalue weighted by atomic mass is 9.80. The van der Waals surface area contributed by atoms with Gasteiger partial charge in [-0.1, -0.05) is 24.3 Å². The number of alkyl halides is 3. The number of nitrogens with two attached hydrogens (primary N) is 1. The lowest BCUT2D eigenvalue weighted by Gasteiger charge is -2.44. The van der Waals surface area contributed by atoms with Gasteiger partial charge < -0.3 is 20.7 Å². The van der Waals surface area contributed by atoms with Crippen LogP contribution in [0.4, 0.5) is 18.9 Å². The molecular formula is C29H30F3N5O2. The molecule has 0 bridgehead atoms. The quantitative estimate of drug-likeness (QED) is 0.419. The van der Waals surface area contributed by atoms with Crippen LogP contribution in [0.15, 0.2) is 60.8 Å². The minimum Gasteiger partial charge on any atom is -0.478 e. The van der Waals surface area contributed by atoms with E-state index < -0.39 is 17.3 Å². The third kappa shape index (κ3) is 6.15. The molecule has 204 valence electrons. The Hall–Kier alpha value is -4.10. The molecule has 39 heavy (non-hydrogen) atoms. The van der Waals surface area contributed by atoms with Gasteiger partial charge in [-0.05, 0) is 61.2 Å². The molecule has 0 radical (unpaired) electrons. The van der Waals surface area contributed by atoms with Gasteiger partial charge >= 0.3 is 6.18 Å². The summed E-state index contributed by atoms with van der Waals surface area (Å²) in [5.41, 5.74) is 7.16. The molecule has 0 atom stereocenters. The zero-order valence-electron chi connectivity index (χ0n) is 21.6. The van der Waals surface area contributed by atoms with Crippen LogP contribution in [0.1, 0.15) is 42.9 Å². The fourth-order valence-corrected chi connectivity index (χ4v) is 4.98. The van der Waals surface area contributed by atoms with E-state index in [4.69, 9.17) is 10.5 Å². The third-order valence-electron chi connectivity index (χ3n) is 6.95. The second-order valence-electron chi connectivity index (χ2n) is 9.36. The third-order valence-corrected chi connectivity index (χ3v) is 6.95. The van der Waals surface area contributed by atoms with E-state index in [2.05, 4.69) is 10.3 Å². The Morgan fingerprint density at radius 2 is 1.90 bits per heavy atom. The van der Waals surface area contributed by atoms with Crippen molar-refractivity contribution < 1.29 is 22.7 Å². The summed E-state index contributed by atoms with van der Waals surface area (Å²) < 4.78 is 45.2. The molecule has 0 unspecified atom stereocenters. The number of hydrogen-bond acceptors (Lipinski definition) is 6. The minimum absolute atomic E-state index is 0.0320. The van der Waals surface area contributed by atoms with E-state index in [-0.39, 0.29) is 24.4 Å². The predicted molar refractivity (Wildman–Crippen MR) is 142 cm³/mol. The summed E-state index contributed by atoms with van der Waals surface area (Å²) in [4.78, 5) is 18.9. The summed E-state index contributed by atoms with van der Waals surface area (Å²) in [7, 11) is 0. The number of carbonyl (C=O) groups excluding carboxylic acids is 1. The highest BCUT2D eigenvalue weighted by Crippen LogP contribution is 2.39. The SMILES string of the molecule is CCOc1ncccc1-c1ccc(C2(NC(=O)CCN)CCN(c3ccc(C(F)(F)F)cc3C#N)CC2)cc1. The smallest absolute Gasteiger partial charge is 0.416 e. The first kappa shape index (κ1) is 27.9. The lowest BCUT2D eigenvalue weighted by molar-refractivity contribution is -0.137. The van der Waals surface area contributed by atoms with E-state index in [0.717, 1.165) is 28.8 Å². The molecule has 10 heteroatoms. The zero-order valence-corrected chi connectivity index (χ0v) is 21.6. The highest BCUT2D eigenvalue weighted by atomic mass is 19.4. The van der Waals surface area contributed by atoms with Gasteiger partial charge in [0.25, 0.3) is 0 Å². The Kier molecular flexibility index (Phi) is 8.41. The van der Waals surface area contributed by atoms with Crippen molar-refractivity contribution >= 4 is 11.6 Å². The highest BCUT2D eigenvalue weighted by molar-refractivity contribution is 5.77. The van der Waals surface area contributed by atoms with E-state index in [0.29, 0.717) is 44.1 Å². The van der Waals surface area contributed by atoms with Gasteiger partial charge in [0.1, 0.15) is 6.07 Å². The zero-order chi connectivity index (χ0) is 28.0. The fourth-order valence-electron chi connectivity index (χ4n) is 4.98. The Morgan fingerprint density at radius 1 is 1.18 bits per heavy atom. The van der Waals surface area contributed by atoms with Crippen molar-refractivity contribution in [1.82, 2.24) is 10.3 Å². The highest BCUT2D eigenvalue weighted by Gasteiger charge is 2.38. The van der Waals surface area contributed by atoms with Gasteiger partial charge in [-0.15, -0.1) is 0 Å². The van der Waals surface area contributed by atoms with Gasteiger partial charge in [0.15, 0.2) is 0 Å². The van der Waals surface area contributed by atoms with Crippen LogP contribution in [0.3, 0.4) is 0 Å². The van der Waals surface area contributed by atoms with Crippen LogP contribution in [0, 0.1) is 11.3 Å². The van der Waals surface area contributed by atoms with Crippen LogP contribution in [0.2, 0.25) is 0 Å². The van der Waals surface area contributed by atoms with E-state index in [9.17, 15) is 23.2 Å². The molecule has 4 rings (SSSR count). The van der Waals surface area contributed by atoms with Crippen molar-refractivity contribution in [1.29, 1.82) is 5.26 Å². The van der Waals surface area contributed by atoms with Gasteiger partial charge in [0, 0.05) is 37.8 Å². The average Bonchev–Trinajstić information content (AvgIpc) is 2.93. The molecule has 1 aliphatic rings. The fraction of sp³-hybridized carbons (Fsp3) is 0.345. The summed E-state index contributed by atoms with van der Waals surface area (Å²) in [5.74, 6) is 0.366. The molecule has 1 amide bonds. The van der Waals surface area contributed by atoms with E-state index in [1.807, 2.05) is 54.3 Å². The van der Waals surface area contributed by atoms with Crippen molar-refractivity contribution in [3.63, 3.8) is 0 Å². The van der Waals surface area contributed by atoms with Crippen molar-refractivity contribution in [2.45, 2.75) is 37.9 Å². The van der Waals surface area contributed by atoms with Crippen LogP contribution in [0.25, 0.3) is 11.1 Å². The van der Waals surface area contributed by atoms with Gasteiger partial charge in [0.05, 0.1) is 29.0 Å². The Morgan fingerprint density at radius 3 is 2.51 bits per heavy atom. The number of halogens is 3. The summed E-state index contributed by atoms with van der Waals surface area (Å²) in [5, 5.41) is 12.7. The molecular weight excluding hydrogens is 507 g/mol. The van der Waals surface area contributed by atoms with Crippen LogP contribution >= 0.6 is 0 Å². The van der Waals surface area contributed by atoms with Gasteiger partial charge in [-0.2, -0.15) is 18.4 Å². The molecule has 1 fully saturated rings. The summed E-state index contributed by atoms with van der Waals surface area (Å²) in [6.07, 6.45) is -1.70. The van der Waals surface area contributed by atoms with E-state index >= 15 is 0 Å². The Balaban J connectivity index is 1.61. The monoisotopic (exact) mass is 537 g/mol. The van der Waals surface area contributed by atoms with Crippen molar-refractivity contribution in [3.05, 3.63) is 77.5 Å². The Labute approximate surface area is 225 Å². The molecule has 2 aromatic carbocycles. The standard InChI is InChI=1S/C29H30F3N5O2/c1-2-39-27-24(4-3-15-35-27)20-5-7-22(8-6-20)28(36-26(38)11-14-33)12-16-37(17-13-28)25-10-9-23(29(30,31)32)18-21(25)19-34/h3-10,15,18H,2,11-14,16-17,33H2,1H3,(H,36,38). The number of nitrogens with zero attached hydrogens (tertiary/aromatic N) is 3. The first-order chi connectivity index (χ1) is 18.7. The second-order valence-corrected chi connectivity index (χ2v) is 9.36. The maximum atomic E-state index is 13.2. The van der Waals surface area contributed by atoms with Crippen molar-refractivity contribution in [3.8, 4) is 23.1 Å². The van der Waals surface area contributed by atoms with E-state index in [1.165, 1.54) is 6.07 Å². The molecule has 1 saturated heterocycles. The maximum Gasteiger partial charge on any atom is 0.416 e. The van der Waals surface area contributed by atoms with Gasteiger partial charge in [-0.25, -0.2) is 4.98 Å². The number of amides is 1. The topological polar surface area (TPSA) is 104 Å². The number of aromatic nitrogens is 1. The first-order valence-corrected chi connectivity index (χ1v) is 12.8. The molecule has 0 aliphatic carbocycles. The number of ether oxygens (including phenoxy) is 1. The Bertz CT molecular complexity index is 1340. The number of pyridine rings is 1. The van der Waals surface area contributed by atoms with E-state index in [1.54, 1.807) is 6.20 Å². The number of rotatable bonds is 8. The average molecular weight is 538 g/mol. The van der Waals surface area contributed by atoms with Crippen LogP contribution in [0.5, 0.6) is 5.88 Å². The summed E-state index contributed by atoms with van der Waals surface area (Å²) in [6.45, 7) is 3.46. The van der Waals surface area contributed by atoms with Gasteiger partial charge in [-0.3, -0.25) is 4.79 Å². The number of carbonyl (C=O) groups is 1. The number of nitrogens with one attached hydrogen (secondary N) is 1. The van der Waals surface area contributed by atoms with Crippen molar-refractivity contribution in [2.24, 2.45) is 5.73 Å². The van der Waals surface area contributed by atoms with Crippen LogP contribution in [-0.4, -0.2) is 37.1 Å². The normalized spacial score (nSPS) is 14.9. The first-order valence-electron chi connectivity index (χ1n) is 12.8. The van der Waals surface area contributed by atoms with Gasteiger partial charge in [0.2, 0.25) is 11.8 Å². The summed E-state index contributed by atoms with van der Waals surface area (Å²) >= 11 is 0. The largest absolute Gasteiger partial charge is 0.478 e. The molecule has 2 heterocycles. The molecule has 1 aromatic heterocycles. The summed E-state index contributed by atoms with van der Waals surface area (Å²) in [6, 6.07) is 16.8. The molecule has 7 nitrogen and oxygen atoms in total. The van der Waals surface area contributed by atoms with Crippen molar-refractivity contribution in [2.75, 3.05) is 31.1 Å². The molecule has 0 saturated carbocycles. The van der Waals surface area contributed by atoms with Crippen LogP contribution < -0.4 is 20.7 Å². The lowest BCUT2D eigenvalue weighted by Crippen LogP contribution is -2.53. The molecule has 3 aromatic rings. The molecule has 3 N–H and O–H groups in total. The molecule has 0 spiro atoms. The number of hydrogen-bond donors (Lipinski definition) is 2. The number of anilines is 1. The second kappa shape index (κ2) is 11.7. The number of benzene rings is 2. The predicted octanol–water partition coefficient (Wildman–Crippen LogP) is 5.00. The minimum atomic E-state index is -4.53.